The fraction of sp³-hybridized carbons (Fsp3) is 0.588. The first-order valence-corrected chi connectivity index (χ1v) is 10.8. The van der Waals surface area contributed by atoms with Crippen molar-refractivity contribution in [2.75, 3.05) is 43.8 Å². The second-order valence-electron chi connectivity index (χ2n) is 6.37. The molecule has 1 heterocycles. The summed E-state index contributed by atoms with van der Waals surface area (Å²) in [6.45, 7) is 3.94. The van der Waals surface area contributed by atoms with Crippen molar-refractivity contribution in [3.63, 3.8) is 0 Å². The highest BCUT2D eigenvalue weighted by molar-refractivity contribution is 7.89. The molecule has 2 rings (SSSR count). The molecular formula is C17H25ClFN3O3S. The maximum absolute atomic E-state index is 13.0. The summed E-state index contributed by atoms with van der Waals surface area (Å²) in [7, 11) is -3.21. The number of sulfonamides is 1. The molecule has 0 spiro atoms. The molecule has 26 heavy (non-hydrogen) atoms. The van der Waals surface area contributed by atoms with E-state index >= 15 is 0 Å². The van der Waals surface area contributed by atoms with E-state index in [2.05, 4.69) is 5.32 Å². The Labute approximate surface area is 159 Å². The molecule has 0 saturated carbocycles. The first kappa shape index (κ1) is 21.1. The van der Waals surface area contributed by atoms with Crippen molar-refractivity contribution in [2.45, 2.75) is 26.2 Å². The van der Waals surface area contributed by atoms with Gasteiger partial charge < -0.3 is 5.32 Å². The van der Waals surface area contributed by atoms with E-state index in [1.807, 2.05) is 11.8 Å². The number of rotatable bonds is 8. The van der Waals surface area contributed by atoms with Gasteiger partial charge in [0.05, 0.1) is 23.0 Å². The first-order chi connectivity index (χ1) is 12.3. The summed E-state index contributed by atoms with van der Waals surface area (Å²) in [4.78, 5) is 14.0. The van der Waals surface area contributed by atoms with E-state index in [1.54, 1.807) is 0 Å². The van der Waals surface area contributed by atoms with Gasteiger partial charge in [-0.25, -0.2) is 12.8 Å². The Morgan fingerprint density at radius 2 is 1.92 bits per heavy atom. The van der Waals surface area contributed by atoms with E-state index in [-0.39, 0.29) is 23.2 Å². The van der Waals surface area contributed by atoms with E-state index in [9.17, 15) is 17.6 Å². The normalized spacial score (nSPS) is 16.6. The summed E-state index contributed by atoms with van der Waals surface area (Å²) in [5, 5.41) is 2.79. The van der Waals surface area contributed by atoms with Crippen LogP contribution in [-0.4, -0.2) is 62.0 Å². The number of benzene rings is 1. The Morgan fingerprint density at radius 1 is 1.23 bits per heavy atom. The predicted molar refractivity (Wildman–Crippen MR) is 101 cm³/mol. The fourth-order valence-electron chi connectivity index (χ4n) is 2.81. The number of amides is 1. The van der Waals surface area contributed by atoms with Crippen molar-refractivity contribution >= 4 is 33.2 Å². The standard InChI is InChI=1S/C17H25ClFN3O3S/c1-2-3-4-11-26(24,25)22-9-7-21(8-10-22)13-17(23)20-16-6-5-14(19)12-15(16)18/h5-6,12H,2-4,7-11,13H2,1H3,(H,20,23). The average Bonchev–Trinajstić information content (AvgIpc) is 2.58. The van der Waals surface area contributed by atoms with Gasteiger partial charge in [-0.2, -0.15) is 4.31 Å². The number of halogens is 2. The quantitative estimate of drug-likeness (QED) is 0.675. The van der Waals surface area contributed by atoms with E-state index < -0.39 is 15.8 Å². The summed E-state index contributed by atoms with van der Waals surface area (Å²) >= 11 is 5.90. The molecule has 0 bridgehead atoms. The van der Waals surface area contributed by atoms with Crippen LogP contribution in [0.1, 0.15) is 26.2 Å². The Kier molecular flexibility index (Phi) is 7.82. The van der Waals surface area contributed by atoms with E-state index in [1.165, 1.54) is 16.4 Å². The minimum Gasteiger partial charge on any atom is -0.324 e. The van der Waals surface area contributed by atoms with Crippen LogP contribution in [0.4, 0.5) is 10.1 Å². The summed E-state index contributed by atoms with van der Waals surface area (Å²) in [6.07, 6.45) is 2.57. The lowest BCUT2D eigenvalue weighted by Gasteiger charge is -2.33. The SMILES string of the molecule is CCCCCS(=O)(=O)N1CCN(CC(=O)Nc2ccc(F)cc2Cl)CC1. The van der Waals surface area contributed by atoms with Crippen LogP contribution in [0.2, 0.25) is 5.02 Å². The maximum Gasteiger partial charge on any atom is 0.238 e. The van der Waals surface area contributed by atoms with E-state index in [0.717, 1.165) is 18.9 Å². The van der Waals surface area contributed by atoms with Crippen LogP contribution in [0.15, 0.2) is 18.2 Å². The molecule has 146 valence electrons. The second kappa shape index (κ2) is 9.64. The summed E-state index contributed by atoms with van der Waals surface area (Å²) < 4.78 is 39.1. The number of carbonyl (C=O) groups excluding carboxylic acids is 1. The average molecular weight is 406 g/mol. The zero-order chi connectivity index (χ0) is 19.2. The molecule has 1 fully saturated rings. The molecular weight excluding hydrogens is 381 g/mol. The van der Waals surface area contributed by atoms with Crippen LogP contribution in [0, 0.1) is 5.82 Å². The van der Waals surface area contributed by atoms with Gasteiger partial charge in [0, 0.05) is 26.2 Å². The van der Waals surface area contributed by atoms with Gasteiger partial charge in [-0.1, -0.05) is 31.4 Å². The lowest BCUT2D eigenvalue weighted by molar-refractivity contribution is -0.117. The van der Waals surface area contributed by atoms with Gasteiger partial charge in [0.25, 0.3) is 0 Å². The highest BCUT2D eigenvalue weighted by atomic mass is 35.5. The zero-order valence-electron chi connectivity index (χ0n) is 14.9. The number of unbranched alkanes of at least 4 members (excludes halogenated alkanes) is 2. The zero-order valence-corrected chi connectivity index (χ0v) is 16.5. The monoisotopic (exact) mass is 405 g/mol. The molecule has 0 atom stereocenters. The number of carbonyl (C=O) groups is 1. The minimum atomic E-state index is -3.21. The lowest BCUT2D eigenvalue weighted by Crippen LogP contribution is -2.50. The van der Waals surface area contributed by atoms with Gasteiger partial charge in [-0.05, 0) is 24.6 Å². The van der Waals surface area contributed by atoms with Gasteiger partial charge in [0.15, 0.2) is 0 Å². The highest BCUT2D eigenvalue weighted by Crippen LogP contribution is 2.22. The molecule has 1 aromatic rings. The Hall–Kier alpha value is -1.22. The molecule has 1 N–H and O–H groups in total. The molecule has 0 unspecified atom stereocenters. The van der Waals surface area contributed by atoms with Gasteiger partial charge in [-0.3, -0.25) is 9.69 Å². The molecule has 1 aromatic carbocycles. The van der Waals surface area contributed by atoms with Crippen molar-refractivity contribution in [2.24, 2.45) is 0 Å². The van der Waals surface area contributed by atoms with Crippen molar-refractivity contribution in [3.8, 4) is 0 Å². The number of nitrogens with zero attached hydrogens (tertiary/aromatic N) is 2. The Bertz CT molecular complexity index is 722. The van der Waals surface area contributed by atoms with Crippen molar-refractivity contribution in [3.05, 3.63) is 29.0 Å². The van der Waals surface area contributed by atoms with Crippen molar-refractivity contribution in [1.82, 2.24) is 9.21 Å². The third-order valence-electron chi connectivity index (χ3n) is 4.30. The van der Waals surface area contributed by atoms with Crippen molar-refractivity contribution < 1.29 is 17.6 Å². The van der Waals surface area contributed by atoms with Gasteiger partial charge in [0.1, 0.15) is 5.82 Å². The lowest BCUT2D eigenvalue weighted by atomic mass is 10.3. The topological polar surface area (TPSA) is 69.7 Å². The summed E-state index contributed by atoms with van der Waals surface area (Å²) in [5.74, 6) is -0.549. The van der Waals surface area contributed by atoms with E-state index in [0.29, 0.717) is 38.3 Å². The molecule has 1 aliphatic heterocycles. The Morgan fingerprint density at radius 3 is 2.54 bits per heavy atom. The molecule has 6 nitrogen and oxygen atoms in total. The third kappa shape index (κ3) is 6.19. The molecule has 1 saturated heterocycles. The molecule has 0 radical (unpaired) electrons. The summed E-state index contributed by atoms with van der Waals surface area (Å²) in [5.41, 5.74) is 0.357. The molecule has 9 heteroatoms. The van der Waals surface area contributed by atoms with Gasteiger partial charge in [-0.15, -0.1) is 0 Å². The van der Waals surface area contributed by atoms with Crippen LogP contribution < -0.4 is 5.32 Å². The predicted octanol–water partition coefficient (Wildman–Crippen LogP) is 2.56. The Balaban J connectivity index is 1.80. The fourth-order valence-corrected chi connectivity index (χ4v) is 4.57. The van der Waals surface area contributed by atoms with Crippen LogP contribution in [0.5, 0.6) is 0 Å². The molecule has 0 aliphatic carbocycles. The van der Waals surface area contributed by atoms with Gasteiger partial charge >= 0.3 is 0 Å². The van der Waals surface area contributed by atoms with Gasteiger partial charge in [0.2, 0.25) is 15.9 Å². The summed E-state index contributed by atoms with van der Waals surface area (Å²) in [6, 6.07) is 3.78. The maximum atomic E-state index is 13.0. The smallest absolute Gasteiger partial charge is 0.238 e. The third-order valence-corrected chi connectivity index (χ3v) is 6.57. The van der Waals surface area contributed by atoms with Crippen LogP contribution in [0.3, 0.4) is 0 Å². The second-order valence-corrected chi connectivity index (χ2v) is 8.87. The number of hydrogen-bond acceptors (Lipinski definition) is 4. The number of hydrogen-bond donors (Lipinski definition) is 1. The van der Waals surface area contributed by atoms with Crippen LogP contribution in [-0.2, 0) is 14.8 Å². The number of anilines is 1. The first-order valence-electron chi connectivity index (χ1n) is 8.77. The van der Waals surface area contributed by atoms with Crippen LogP contribution in [0.25, 0.3) is 0 Å². The largest absolute Gasteiger partial charge is 0.324 e. The molecule has 1 amide bonds. The van der Waals surface area contributed by atoms with E-state index in [4.69, 9.17) is 11.6 Å². The molecule has 1 aliphatic rings. The molecule has 0 aromatic heterocycles. The van der Waals surface area contributed by atoms with Crippen LogP contribution >= 0.6 is 11.6 Å². The number of piperazine rings is 1. The highest BCUT2D eigenvalue weighted by Gasteiger charge is 2.27. The number of nitrogens with one attached hydrogen (secondary N) is 1. The van der Waals surface area contributed by atoms with Crippen molar-refractivity contribution in [1.29, 1.82) is 0 Å². The minimum absolute atomic E-state index is 0.136.